The number of thiophene rings is 1. The Hall–Kier alpha value is -1.69. The van der Waals surface area contributed by atoms with Crippen molar-refractivity contribution in [1.82, 2.24) is 9.13 Å². The van der Waals surface area contributed by atoms with Crippen molar-refractivity contribution in [3.8, 4) is 0 Å². The summed E-state index contributed by atoms with van der Waals surface area (Å²) in [5.41, 5.74) is 0.0339. The third kappa shape index (κ3) is 2.06. The van der Waals surface area contributed by atoms with Crippen LogP contribution in [0.1, 0.15) is 29.1 Å². The van der Waals surface area contributed by atoms with E-state index in [0.29, 0.717) is 27.2 Å². The van der Waals surface area contributed by atoms with Crippen LogP contribution in [0.5, 0.6) is 0 Å². The molecule has 0 atom stereocenters. The molecule has 0 amide bonds. The van der Waals surface area contributed by atoms with Crippen LogP contribution in [0, 0.1) is 12.8 Å². The highest BCUT2D eigenvalue weighted by Gasteiger charge is 2.18. The molecule has 0 aliphatic carbocycles. The van der Waals surface area contributed by atoms with Crippen LogP contribution in [0.3, 0.4) is 0 Å². The molecule has 2 aromatic heterocycles. The predicted octanol–water partition coefficient (Wildman–Crippen LogP) is 1.54. The molecule has 102 valence electrons. The molecule has 0 aliphatic heterocycles. The van der Waals surface area contributed by atoms with Gasteiger partial charge >= 0.3 is 5.69 Å². The van der Waals surface area contributed by atoms with Gasteiger partial charge in [-0.3, -0.25) is 18.7 Å². The molecule has 6 heteroatoms. The summed E-state index contributed by atoms with van der Waals surface area (Å²) in [5, 5.41) is 0.481. The second-order valence-electron chi connectivity index (χ2n) is 5.04. The van der Waals surface area contributed by atoms with Gasteiger partial charge in [-0.05, 0) is 18.4 Å². The summed E-state index contributed by atoms with van der Waals surface area (Å²) in [5.74, 6) is 0.201. The van der Waals surface area contributed by atoms with Gasteiger partial charge in [-0.2, -0.15) is 0 Å². The quantitative estimate of drug-likeness (QED) is 0.801. The number of fused-ring (bicyclic) bond motifs is 1. The fourth-order valence-corrected chi connectivity index (χ4v) is 3.20. The van der Waals surface area contributed by atoms with Gasteiger partial charge in [0.1, 0.15) is 4.83 Å². The topological polar surface area (TPSA) is 61.1 Å². The van der Waals surface area contributed by atoms with E-state index in [4.69, 9.17) is 0 Å². The molecular weight excluding hydrogens is 264 g/mol. The second-order valence-corrected chi connectivity index (χ2v) is 6.07. The number of nitrogens with zero attached hydrogens (tertiary/aromatic N) is 2. The van der Waals surface area contributed by atoms with Crippen LogP contribution in [0.4, 0.5) is 0 Å². The summed E-state index contributed by atoms with van der Waals surface area (Å²) in [6.45, 7) is 6.03. The monoisotopic (exact) mass is 280 g/mol. The molecule has 0 saturated heterocycles. The lowest BCUT2D eigenvalue weighted by Gasteiger charge is -2.10. The van der Waals surface area contributed by atoms with E-state index in [9.17, 15) is 14.4 Å². The van der Waals surface area contributed by atoms with Gasteiger partial charge in [0.25, 0.3) is 5.56 Å². The zero-order valence-corrected chi connectivity index (χ0v) is 12.2. The summed E-state index contributed by atoms with van der Waals surface area (Å²) in [7, 11) is 1.63. The smallest absolute Gasteiger partial charge is 0.297 e. The number of hydrogen-bond acceptors (Lipinski definition) is 4. The van der Waals surface area contributed by atoms with Crippen molar-refractivity contribution in [3.05, 3.63) is 31.3 Å². The molecule has 0 fully saturated rings. The molecule has 2 heterocycles. The fourth-order valence-electron chi connectivity index (χ4n) is 2.13. The van der Waals surface area contributed by atoms with Gasteiger partial charge in [0, 0.05) is 13.6 Å². The van der Waals surface area contributed by atoms with Gasteiger partial charge in [0.2, 0.25) is 0 Å². The molecule has 0 saturated carbocycles. The van der Waals surface area contributed by atoms with E-state index in [-0.39, 0.29) is 17.2 Å². The first-order valence-corrected chi connectivity index (χ1v) is 6.88. The standard InChI is InChI=1S/C13H16N2O3S/c1-7(2)5-15-11(17)10-8(3)9(6-16)19-12(10)14(4)13(15)18/h6-7H,5H2,1-4H3. The van der Waals surface area contributed by atoms with Crippen LogP contribution < -0.4 is 11.2 Å². The third-order valence-corrected chi connectivity index (χ3v) is 4.40. The zero-order chi connectivity index (χ0) is 14.3. The molecule has 0 unspecified atom stereocenters. The van der Waals surface area contributed by atoms with Gasteiger partial charge < -0.3 is 0 Å². The van der Waals surface area contributed by atoms with Crippen molar-refractivity contribution in [2.24, 2.45) is 13.0 Å². The van der Waals surface area contributed by atoms with Crippen molar-refractivity contribution in [3.63, 3.8) is 0 Å². The van der Waals surface area contributed by atoms with Crippen LogP contribution in [-0.2, 0) is 13.6 Å². The van der Waals surface area contributed by atoms with Crippen LogP contribution in [-0.4, -0.2) is 15.4 Å². The van der Waals surface area contributed by atoms with Crippen molar-refractivity contribution < 1.29 is 4.79 Å². The summed E-state index contributed by atoms with van der Waals surface area (Å²) in [6, 6.07) is 0. The molecule has 2 aromatic rings. The Bertz CT molecular complexity index is 765. The fraction of sp³-hybridized carbons (Fsp3) is 0.462. The predicted molar refractivity (Wildman–Crippen MR) is 76.3 cm³/mol. The summed E-state index contributed by atoms with van der Waals surface area (Å²) in [4.78, 5) is 36.7. The first-order chi connectivity index (χ1) is 8.88. The highest BCUT2D eigenvalue weighted by Crippen LogP contribution is 2.25. The summed E-state index contributed by atoms with van der Waals surface area (Å²) in [6.07, 6.45) is 0.733. The van der Waals surface area contributed by atoms with Crippen molar-refractivity contribution in [1.29, 1.82) is 0 Å². The first-order valence-electron chi connectivity index (χ1n) is 6.06. The Morgan fingerprint density at radius 2 is 1.95 bits per heavy atom. The lowest BCUT2D eigenvalue weighted by Crippen LogP contribution is -2.39. The van der Waals surface area contributed by atoms with Gasteiger partial charge in [-0.25, -0.2) is 4.79 Å². The van der Waals surface area contributed by atoms with E-state index in [0.717, 1.165) is 6.29 Å². The van der Waals surface area contributed by atoms with Gasteiger partial charge in [0.15, 0.2) is 6.29 Å². The lowest BCUT2D eigenvalue weighted by molar-refractivity contribution is 0.112. The van der Waals surface area contributed by atoms with E-state index >= 15 is 0 Å². The van der Waals surface area contributed by atoms with Gasteiger partial charge in [-0.1, -0.05) is 13.8 Å². The van der Waals surface area contributed by atoms with E-state index in [1.54, 1.807) is 14.0 Å². The molecule has 0 aliphatic rings. The second kappa shape index (κ2) is 4.77. The van der Waals surface area contributed by atoms with Crippen LogP contribution in [0.2, 0.25) is 0 Å². The zero-order valence-electron chi connectivity index (χ0n) is 11.4. The molecule has 0 N–H and O–H groups in total. The molecule has 5 nitrogen and oxygen atoms in total. The minimum absolute atomic E-state index is 0.201. The number of aryl methyl sites for hydroxylation is 2. The average molecular weight is 280 g/mol. The Labute approximate surface area is 114 Å². The third-order valence-electron chi connectivity index (χ3n) is 3.10. The van der Waals surface area contributed by atoms with Gasteiger partial charge in [0.05, 0.1) is 10.3 Å². The Balaban J connectivity index is 2.95. The summed E-state index contributed by atoms with van der Waals surface area (Å²) >= 11 is 1.19. The molecular formula is C13H16N2O3S. The Kier molecular flexibility index (Phi) is 3.45. The number of hydrogen-bond donors (Lipinski definition) is 0. The minimum atomic E-state index is -0.329. The SMILES string of the molecule is Cc1c(C=O)sc2c1c(=O)n(CC(C)C)c(=O)n2C. The normalized spacial score (nSPS) is 11.4. The number of rotatable bonds is 3. The molecule has 2 rings (SSSR count). The van der Waals surface area contributed by atoms with Crippen LogP contribution in [0.15, 0.2) is 9.59 Å². The van der Waals surface area contributed by atoms with Crippen LogP contribution >= 0.6 is 11.3 Å². The molecule has 0 radical (unpaired) electrons. The molecule has 0 bridgehead atoms. The largest absolute Gasteiger partial charge is 0.331 e. The van der Waals surface area contributed by atoms with Gasteiger partial charge in [-0.15, -0.1) is 11.3 Å². The van der Waals surface area contributed by atoms with E-state index in [1.807, 2.05) is 13.8 Å². The average Bonchev–Trinajstić information content (AvgIpc) is 2.69. The molecule has 0 spiro atoms. The number of carbonyl (C=O) groups is 1. The lowest BCUT2D eigenvalue weighted by atomic mass is 10.2. The first kappa shape index (κ1) is 13.7. The molecule has 0 aromatic carbocycles. The van der Waals surface area contributed by atoms with E-state index in [2.05, 4.69) is 0 Å². The number of aldehydes is 1. The summed E-state index contributed by atoms with van der Waals surface area (Å²) < 4.78 is 2.70. The number of aromatic nitrogens is 2. The highest BCUT2D eigenvalue weighted by molar-refractivity contribution is 7.20. The minimum Gasteiger partial charge on any atom is -0.297 e. The highest BCUT2D eigenvalue weighted by atomic mass is 32.1. The van der Waals surface area contributed by atoms with E-state index < -0.39 is 0 Å². The number of carbonyl (C=O) groups excluding carboxylic acids is 1. The maximum Gasteiger partial charge on any atom is 0.331 e. The maximum absolute atomic E-state index is 12.4. The Morgan fingerprint density at radius 1 is 1.32 bits per heavy atom. The van der Waals surface area contributed by atoms with Crippen molar-refractivity contribution in [2.75, 3.05) is 0 Å². The maximum atomic E-state index is 12.4. The van der Waals surface area contributed by atoms with Crippen LogP contribution in [0.25, 0.3) is 10.2 Å². The van der Waals surface area contributed by atoms with Crippen molar-refractivity contribution >= 4 is 27.8 Å². The Morgan fingerprint density at radius 3 is 2.47 bits per heavy atom. The van der Waals surface area contributed by atoms with Crippen molar-refractivity contribution in [2.45, 2.75) is 27.3 Å². The van der Waals surface area contributed by atoms with E-state index in [1.165, 1.54) is 20.5 Å². The molecule has 19 heavy (non-hydrogen) atoms.